The van der Waals surface area contributed by atoms with Gasteiger partial charge in [-0.25, -0.2) is 4.39 Å². The van der Waals surface area contributed by atoms with Gasteiger partial charge in [0.15, 0.2) is 0 Å². The van der Waals surface area contributed by atoms with E-state index < -0.39 is 0 Å². The van der Waals surface area contributed by atoms with Crippen molar-refractivity contribution in [2.24, 2.45) is 0 Å². The quantitative estimate of drug-likeness (QED) is 0.396. The lowest BCUT2D eigenvalue weighted by molar-refractivity contribution is 0.474. The maximum absolute atomic E-state index is 13.8. The number of rotatable bonds is 4. The average Bonchev–Trinajstić information content (AvgIpc) is 3.05. The van der Waals surface area contributed by atoms with Gasteiger partial charge in [-0.1, -0.05) is 12.1 Å². The van der Waals surface area contributed by atoms with E-state index in [0.29, 0.717) is 0 Å². The normalized spacial score (nSPS) is 12.2. The molecule has 1 atom stereocenters. The SMILES string of the molecule is Oc1ccc(NC(c2ccc(O)cc2)c2c[nH]c3ccc(F)cc23)cc1. The highest BCUT2D eigenvalue weighted by molar-refractivity contribution is 5.84. The van der Waals surface area contributed by atoms with Gasteiger partial charge in [0.25, 0.3) is 0 Å². The second kappa shape index (κ2) is 6.44. The highest BCUT2D eigenvalue weighted by atomic mass is 19.1. The minimum absolute atomic E-state index is 0.183. The number of anilines is 1. The first-order valence-corrected chi connectivity index (χ1v) is 8.21. The number of benzene rings is 3. The van der Waals surface area contributed by atoms with E-state index in [2.05, 4.69) is 10.3 Å². The molecule has 0 fully saturated rings. The Kier molecular flexibility index (Phi) is 3.97. The molecule has 0 bridgehead atoms. The van der Waals surface area contributed by atoms with Crippen LogP contribution in [0.5, 0.6) is 11.5 Å². The first-order chi connectivity index (χ1) is 12.6. The van der Waals surface area contributed by atoms with Crippen molar-refractivity contribution >= 4 is 16.6 Å². The second-order valence-corrected chi connectivity index (χ2v) is 6.15. The van der Waals surface area contributed by atoms with E-state index in [1.807, 2.05) is 18.3 Å². The van der Waals surface area contributed by atoms with Crippen LogP contribution in [0.3, 0.4) is 0 Å². The van der Waals surface area contributed by atoms with Gasteiger partial charge < -0.3 is 20.5 Å². The van der Waals surface area contributed by atoms with E-state index in [-0.39, 0.29) is 23.4 Å². The third kappa shape index (κ3) is 3.07. The zero-order chi connectivity index (χ0) is 18.1. The molecule has 0 saturated heterocycles. The zero-order valence-electron chi connectivity index (χ0n) is 13.8. The molecule has 5 heteroatoms. The second-order valence-electron chi connectivity index (χ2n) is 6.15. The summed E-state index contributed by atoms with van der Waals surface area (Å²) >= 11 is 0. The van der Waals surface area contributed by atoms with Crippen LogP contribution in [0.15, 0.2) is 72.9 Å². The molecule has 1 aromatic heterocycles. The number of phenols is 2. The molecule has 4 aromatic rings. The molecular formula is C21H17FN2O2. The average molecular weight is 348 g/mol. The molecule has 4 rings (SSSR count). The van der Waals surface area contributed by atoms with Crippen LogP contribution in [0.25, 0.3) is 10.9 Å². The number of aromatic hydroxyl groups is 2. The Hall–Kier alpha value is -3.47. The number of hydrogen-bond donors (Lipinski definition) is 4. The molecule has 0 spiro atoms. The lowest BCUT2D eigenvalue weighted by Gasteiger charge is -2.20. The molecule has 0 aliphatic heterocycles. The summed E-state index contributed by atoms with van der Waals surface area (Å²) in [5.41, 5.74) is 3.46. The number of fused-ring (bicyclic) bond motifs is 1. The van der Waals surface area contributed by atoms with E-state index >= 15 is 0 Å². The van der Waals surface area contributed by atoms with Gasteiger partial charge in [0, 0.05) is 28.4 Å². The Morgan fingerprint density at radius 1 is 0.846 bits per heavy atom. The minimum Gasteiger partial charge on any atom is -0.508 e. The molecule has 4 nitrogen and oxygen atoms in total. The standard InChI is InChI=1S/C21H17FN2O2/c22-14-3-10-20-18(11-14)19(12-23-20)21(13-1-6-16(25)7-2-13)24-15-4-8-17(26)9-5-15/h1-12,21,23-26H. The highest BCUT2D eigenvalue weighted by Crippen LogP contribution is 2.33. The number of nitrogens with one attached hydrogen (secondary N) is 2. The van der Waals surface area contributed by atoms with Crippen LogP contribution in [0, 0.1) is 5.82 Å². The molecule has 0 aliphatic carbocycles. The molecule has 0 aliphatic rings. The van der Waals surface area contributed by atoms with Crippen molar-refractivity contribution in [1.82, 2.24) is 4.98 Å². The highest BCUT2D eigenvalue weighted by Gasteiger charge is 2.18. The van der Waals surface area contributed by atoms with E-state index in [4.69, 9.17) is 0 Å². The molecule has 4 N–H and O–H groups in total. The van der Waals surface area contributed by atoms with Crippen molar-refractivity contribution in [3.63, 3.8) is 0 Å². The van der Waals surface area contributed by atoms with Gasteiger partial charge in [0.05, 0.1) is 6.04 Å². The van der Waals surface area contributed by atoms with Crippen LogP contribution in [-0.2, 0) is 0 Å². The van der Waals surface area contributed by atoms with E-state index in [0.717, 1.165) is 27.7 Å². The Morgan fingerprint density at radius 2 is 1.50 bits per heavy atom. The summed E-state index contributed by atoms with van der Waals surface area (Å²) in [6.45, 7) is 0. The topological polar surface area (TPSA) is 68.3 Å². The number of halogens is 1. The molecular weight excluding hydrogens is 331 g/mol. The van der Waals surface area contributed by atoms with Crippen molar-refractivity contribution in [2.45, 2.75) is 6.04 Å². The fraction of sp³-hybridized carbons (Fsp3) is 0.0476. The number of hydrogen-bond acceptors (Lipinski definition) is 3. The molecule has 0 saturated carbocycles. The fourth-order valence-corrected chi connectivity index (χ4v) is 3.08. The minimum atomic E-state index is -0.299. The van der Waals surface area contributed by atoms with E-state index in [1.54, 1.807) is 42.5 Å². The van der Waals surface area contributed by atoms with Gasteiger partial charge in [-0.05, 0) is 60.2 Å². The maximum atomic E-state index is 13.8. The van der Waals surface area contributed by atoms with Crippen LogP contribution < -0.4 is 5.32 Å². The van der Waals surface area contributed by atoms with Crippen molar-refractivity contribution in [1.29, 1.82) is 0 Å². The summed E-state index contributed by atoms with van der Waals surface area (Å²) < 4.78 is 13.8. The Bertz CT molecular complexity index is 1040. The summed E-state index contributed by atoms with van der Waals surface area (Å²) in [5.74, 6) is 0.0699. The lowest BCUT2D eigenvalue weighted by Crippen LogP contribution is -2.12. The molecule has 130 valence electrons. The molecule has 1 heterocycles. The smallest absolute Gasteiger partial charge is 0.123 e. The fourth-order valence-electron chi connectivity index (χ4n) is 3.08. The maximum Gasteiger partial charge on any atom is 0.123 e. The molecule has 0 amide bonds. The number of H-pyrrole nitrogens is 1. The molecule has 26 heavy (non-hydrogen) atoms. The summed E-state index contributed by atoms with van der Waals surface area (Å²) in [4.78, 5) is 3.18. The summed E-state index contributed by atoms with van der Waals surface area (Å²) in [5, 5.41) is 23.3. The Balaban J connectivity index is 1.82. The van der Waals surface area contributed by atoms with Crippen LogP contribution in [0.2, 0.25) is 0 Å². The third-order valence-corrected chi connectivity index (χ3v) is 4.39. The first kappa shape index (κ1) is 16.0. The van der Waals surface area contributed by atoms with Gasteiger partial charge >= 0.3 is 0 Å². The Labute approximate surface area is 149 Å². The van der Waals surface area contributed by atoms with E-state index in [1.165, 1.54) is 12.1 Å². The van der Waals surface area contributed by atoms with Crippen LogP contribution in [-0.4, -0.2) is 15.2 Å². The monoisotopic (exact) mass is 348 g/mol. The van der Waals surface area contributed by atoms with Gasteiger partial charge in [0.2, 0.25) is 0 Å². The van der Waals surface area contributed by atoms with Crippen molar-refractivity contribution < 1.29 is 14.6 Å². The zero-order valence-corrected chi connectivity index (χ0v) is 13.8. The lowest BCUT2D eigenvalue weighted by atomic mass is 9.97. The Morgan fingerprint density at radius 3 is 2.19 bits per heavy atom. The van der Waals surface area contributed by atoms with Crippen molar-refractivity contribution in [2.75, 3.05) is 5.32 Å². The van der Waals surface area contributed by atoms with Crippen LogP contribution >= 0.6 is 0 Å². The van der Waals surface area contributed by atoms with Gasteiger partial charge in [-0.15, -0.1) is 0 Å². The predicted molar refractivity (Wildman–Crippen MR) is 99.9 cm³/mol. The van der Waals surface area contributed by atoms with Crippen LogP contribution in [0.1, 0.15) is 17.2 Å². The molecule has 1 unspecified atom stereocenters. The number of phenolic OH excluding ortho intramolecular Hbond substituents is 2. The van der Waals surface area contributed by atoms with Gasteiger partial charge in [0.1, 0.15) is 17.3 Å². The summed E-state index contributed by atoms with van der Waals surface area (Å²) in [7, 11) is 0. The van der Waals surface area contributed by atoms with Crippen molar-refractivity contribution in [3.8, 4) is 11.5 Å². The van der Waals surface area contributed by atoms with Gasteiger partial charge in [-0.3, -0.25) is 0 Å². The summed E-state index contributed by atoms with van der Waals surface area (Å²) in [6, 6.07) is 18.0. The number of aromatic nitrogens is 1. The van der Waals surface area contributed by atoms with Crippen LogP contribution in [0.4, 0.5) is 10.1 Å². The largest absolute Gasteiger partial charge is 0.508 e. The van der Waals surface area contributed by atoms with Crippen molar-refractivity contribution in [3.05, 3.63) is 89.9 Å². The number of aromatic amines is 1. The molecule has 3 aromatic carbocycles. The first-order valence-electron chi connectivity index (χ1n) is 8.21. The third-order valence-electron chi connectivity index (χ3n) is 4.39. The molecule has 0 radical (unpaired) electrons. The predicted octanol–water partition coefficient (Wildman–Crippen LogP) is 4.92. The van der Waals surface area contributed by atoms with Gasteiger partial charge in [-0.2, -0.15) is 0 Å². The van der Waals surface area contributed by atoms with E-state index in [9.17, 15) is 14.6 Å². The summed E-state index contributed by atoms with van der Waals surface area (Å²) in [6.07, 6.45) is 1.86.